The van der Waals surface area contributed by atoms with E-state index >= 15 is 0 Å². The molecule has 0 spiro atoms. The molecule has 0 bridgehead atoms. The van der Waals surface area contributed by atoms with Gasteiger partial charge in [-0.15, -0.1) is 0 Å². The molecule has 0 saturated heterocycles. The Labute approximate surface area is 125 Å². The van der Waals surface area contributed by atoms with Crippen molar-refractivity contribution in [3.05, 3.63) is 23.8 Å². The third kappa shape index (κ3) is 4.36. The van der Waals surface area contributed by atoms with Crippen LogP contribution in [0.3, 0.4) is 0 Å². The van der Waals surface area contributed by atoms with Crippen molar-refractivity contribution in [3.63, 3.8) is 0 Å². The van der Waals surface area contributed by atoms with Crippen molar-refractivity contribution in [1.29, 1.82) is 0 Å². The molecule has 1 aliphatic carbocycles. The van der Waals surface area contributed by atoms with Gasteiger partial charge in [0.15, 0.2) is 0 Å². The number of hydrogen-bond donors (Lipinski definition) is 3. The molecule has 5 nitrogen and oxygen atoms in total. The number of benzene rings is 1. The lowest BCUT2D eigenvalue weighted by molar-refractivity contribution is 0.0636. The summed E-state index contributed by atoms with van der Waals surface area (Å²) in [5.41, 5.74) is 6.80. The Morgan fingerprint density at radius 3 is 2.62 bits per heavy atom. The Morgan fingerprint density at radius 2 is 2.10 bits per heavy atom. The first kappa shape index (κ1) is 15.6. The van der Waals surface area contributed by atoms with E-state index in [-0.39, 0.29) is 11.2 Å². The minimum atomic E-state index is -0.540. The van der Waals surface area contributed by atoms with Crippen LogP contribution < -0.4 is 11.1 Å². The first-order valence-corrected chi connectivity index (χ1v) is 7.25. The molecule has 1 saturated carbocycles. The molecule has 116 valence electrons. The molecule has 0 aliphatic heterocycles. The highest BCUT2D eigenvalue weighted by Crippen LogP contribution is 2.48. The molecule has 1 fully saturated rings. The number of nitrogens with two attached hydrogens (primary N) is 1. The lowest BCUT2D eigenvalue weighted by Crippen LogP contribution is -2.27. The van der Waals surface area contributed by atoms with Gasteiger partial charge < -0.3 is 15.6 Å². The van der Waals surface area contributed by atoms with E-state index < -0.39 is 11.7 Å². The maximum atomic E-state index is 11.8. The Hall–Kier alpha value is -1.75. The lowest BCUT2D eigenvalue weighted by atomic mass is 9.95. The summed E-state index contributed by atoms with van der Waals surface area (Å²) in [5.74, 6) is 0.240. The van der Waals surface area contributed by atoms with Crippen LogP contribution in [0.15, 0.2) is 18.2 Å². The topological polar surface area (TPSA) is 84.6 Å². The Bertz CT molecular complexity index is 531. The molecule has 1 aromatic rings. The van der Waals surface area contributed by atoms with Crippen molar-refractivity contribution >= 4 is 11.8 Å². The van der Waals surface area contributed by atoms with E-state index in [0.717, 1.165) is 24.8 Å². The minimum absolute atomic E-state index is 0.127. The normalized spacial score (nSPS) is 16.4. The molecular weight excluding hydrogens is 268 g/mol. The second-order valence-corrected chi connectivity index (χ2v) is 6.85. The van der Waals surface area contributed by atoms with Gasteiger partial charge in [-0.25, -0.2) is 4.79 Å². The van der Waals surface area contributed by atoms with E-state index in [1.54, 1.807) is 18.2 Å². The molecule has 5 heteroatoms. The Kier molecular flexibility index (Phi) is 4.14. The summed E-state index contributed by atoms with van der Waals surface area (Å²) in [4.78, 5) is 11.8. The fraction of sp³-hybridized carbons (Fsp3) is 0.562. The number of carbonyl (C=O) groups is 1. The predicted molar refractivity (Wildman–Crippen MR) is 82.4 cm³/mol. The maximum Gasteiger partial charge on any atom is 0.412 e. The quantitative estimate of drug-likeness (QED) is 0.745. The summed E-state index contributed by atoms with van der Waals surface area (Å²) < 4.78 is 5.21. The molecule has 21 heavy (non-hydrogen) atoms. The Balaban J connectivity index is 2.06. The number of aromatic hydroxyl groups is 1. The number of hydrogen-bond acceptors (Lipinski definition) is 4. The number of amides is 1. The largest absolute Gasteiger partial charge is 0.508 e. The van der Waals surface area contributed by atoms with Gasteiger partial charge in [-0.3, -0.25) is 5.32 Å². The number of anilines is 1. The summed E-state index contributed by atoms with van der Waals surface area (Å²) >= 11 is 0. The molecule has 0 aromatic heterocycles. The smallest absolute Gasteiger partial charge is 0.412 e. The van der Waals surface area contributed by atoms with E-state index in [4.69, 9.17) is 10.5 Å². The number of ether oxygens (including phenoxy) is 1. The van der Waals surface area contributed by atoms with E-state index in [9.17, 15) is 9.90 Å². The fourth-order valence-corrected chi connectivity index (χ4v) is 2.26. The van der Waals surface area contributed by atoms with E-state index in [1.165, 1.54) is 0 Å². The summed E-state index contributed by atoms with van der Waals surface area (Å²) in [6.45, 7) is 6.06. The standard InChI is InChI=1S/C16H24N2O3/c1-15(2,3)21-14(20)18-12-4-5-13(19)11(8-12)9-16(10-17)6-7-16/h4-5,8,19H,6-7,9-10,17H2,1-3H3,(H,18,20). The van der Waals surface area contributed by atoms with Crippen molar-refractivity contribution < 1.29 is 14.6 Å². The van der Waals surface area contributed by atoms with Gasteiger partial charge in [0.1, 0.15) is 11.4 Å². The van der Waals surface area contributed by atoms with Gasteiger partial charge in [0, 0.05) is 5.69 Å². The van der Waals surface area contributed by atoms with Crippen molar-refractivity contribution in [2.45, 2.75) is 45.6 Å². The zero-order valence-electron chi connectivity index (χ0n) is 12.9. The molecule has 0 unspecified atom stereocenters. The van der Waals surface area contributed by atoms with Crippen LogP contribution >= 0.6 is 0 Å². The second-order valence-electron chi connectivity index (χ2n) is 6.85. The molecule has 4 N–H and O–H groups in total. The highest BCUT2D eigenvalue weighted by atomic mass is 16.6. The zero-order valence-corrected chi connectivity index (χ0v) is 12.9. The molecule has 1 amide bonds. The van der Waals surface area contributed by atoms with Crippen molar-refractivity contribution in [2.24, 2.45) is 11.1 Å². The van der Waals surface area contributed by atoms with Crippen LogP contribution in [0.2, 0.25) is 0 Å². The van der Waals surface area contributed by atoms with Gasteiger partial charge >= 0.3 is 6.09 Å². The van der Waals surface area contributed by atoms with Crippen LogP contribution in [0.25, 0.3) is 0 Å². The summed E-state index contributed by atoms with van der Waals surface area (Å²) in [6, 6.07) is 5.04. The van der Waals surface area contributed by atoms with Gasteiger partial charge in [-0.1, -0.05) is 0 Å². The first-order valence-electron chi connectivity index (χ1n) is 7.25. The fourth-order valence-electron chi connectivity index (χ4n) is 2.26. The van der Waals surface area contributed by atoms with Crippen LogP contribution in [0, 0.1) is 5.41 Å². The van der Waals surface area contributed by atoms with Crippen LogP contribution in [0.5, 0.6) is 5.75 Å². The average molecular weight is 292 g/mol. The third-order valence-electron chi connectivity index (χ3n) is 3.68. The van der Waals surface area contributed by atoms with Crippen LogP contribution in [0.4, 0.5) is 10.5 Å². The number of nitrogens with one attached hydrogen (secondary N) is 1. The number of carbonyl (C=O) groups excluding carboxylic acids is 1. The predicted octanol–water partition coefficient (Wildman–Crippen LogP) is 3.02. The van der Waals surface area contributed by atoms with Crippen molar-refractivity contribution in [2.75, 3.05) is 11.9 Å². The van der Waals surface area contributed by atoms with Crippen LogP contribution in [0.1, 0.15) is 39.2 Å². The monoisotopic (exact) mass is 292 g/mol. The molecule has 0 atom stereocenters. The minimum Gasteiger partial charge on any atom is -0.508 e. The second kappa shape index (κ2) is 5.56. The van der Waals surface area contributed by atoms with Crippen molar-refractivity contribution in [3.8, 4) is 5.75 Å². The summed E-state index contributed by atoms with van der Waals surface area (Å²) in [7, 11) is 0. The summed E-state index contributed by atoms with van der Waals surface area (Å²) in [5, 5.41) is 12.6. The summed E-state index contributed by atoms with van der Waals surface area (Å²) in [6.07, 6.45) is 2.41. The van der Waals surface area contributed by atoms with E-state index in [1.807, 2.05) is 20.8 Å². The first-order chi connectivity index (χ1) is 9.73. The number of phenols is 1. The van der Waals surface area contributed by atoms with Crippen LogP contribution in [-0.2, 0) is 11.2 Å². The number of phenolic OH excluding ortho intramolecular Hbond substituents is 1. The maximum absolute atomic E-state index is 11.8. The molecular formula is C16H24N2O3. The molecule has 2 rings (SSSR count). The van der Waals surface area contributed by atoms with Gasteiger partial charge in [-0.05, 0) is 75.8 Å². The van der Waals surface area contributed by atoms with Crippen LogP contribution in [-0.4, -0.2) is 23.3 Å². The van der Waals surface area contributed by atoms with Gasteiger partial charge in [0.25, 0.3) is 0 Å². The average Bonchev–Trinajstić information content (AvgIpc) is 3.11. The third-order valence-corrected chi connectivity index (χ3v) is 3.68. The van der Waals surface area contributed by atoms with Crippen molar-refractivity contribution in [1.82, 2.24) is 0 Å². The molecule has 0 radical (unpaired) electrons. The zero-order chi connectivity index (χ0) is 15.7. The highest BCUT2D eigenvalue weighted by Gasteiger charge is 2.41. The SMILES string of the molecule is CC(C)(C)OC(=O)Nc1ccc(O)c(CC2(CN)CC2)c1. The van der Waals surface area contributed by atoms with Gasteiger partial charge in [0.2, 0.25) is 0 Å². The van der Waals surface area contributed by atoms with Gasteiger partial charge in [0.05, 0.1) is 0 Å². The van der Waals surface area contributed by atoms with Gasteiger partial charge in [-0.2, -0.15) is 0 Å². The molecule has 1 aromatic carbocycles. The Morgan fingerprint density at radius 1 is 1.43 bits per heavy atom. The molecule has 0 heterocycles. The number of rotatable bonds is 4. The molecule has 1 aliphatic rings. The van der Waals surface area contributed by atoms with E-state index in [2.05, 4.69) is 5.32 Å². The highest BCUT2D eigenvalue weighted by molar-refractivity contribution is 5.85. The van der Waals surface area contributed by atoms with E-state index in [0.29, 0.717) is 12.2 Å². The lowest BCUT2D eigenvalue weighted by Gasteiger charge is -2.20.